The van der Waals surface area contributed by atoms with Crippen molar-refractivity contribution in [3.63, 3.8) is 0 Å². The van der Waals surface area contributed by atoms with Gasteiger partial charge in [-0.3, -0.25) is 4.89 Å². The zero-order valence-electron chi connectivity index (χ0n) is 12.1. The minimum Gasteiger partial charge on any atom is -0.379 e. The minimum atomic E-state index is -0.453. The molecule has 4 heteroatoms. The van der Waals surface area contributed by atoms with Gasteiger partial charge in [0.15, 0.2) is 0 Å². The molecule has 0 bridgehead atoms. The SMILES string of the molecule is CCCOCCOOC(=O)c1c(C)cc(C)cc1C. The van der Waals surface area contributed by atoms with Crippen molar-refractivity contribution >= 4 is 5.97 Å². The van der Waals surface area contributed by atoms with Crippen LogP contribution in [0.1, 0.15) is 40.4 Å². The van der Waals surface area contributed by atoms with Gasteiger partial charge in [0, 0.05) is 6.61 Å². The molecule has 0 N–H and O–H groups in total. The van der Waals surface area contributed by atoms with Gasteiger partial charge in [-0.1, -0.05) is 24.6 Å². The fourth-order valence-corrected chi connectivity index (χ4v) is 1.98. The van der Waals surface area contributed by atoms with Gasteiger partial charge in [-0.05, 0) is 38.3 Å². The van der Waals surface area contributed by atoms with Crippen LogP contribution in [0.5, 0.6) is 0 Å². The standard InChI is InChI=1S/C15H22O4/c1-5-6-17-7-8-18-19-15(16)14-12(3)9-11(2)10-13(14)4/h9-10H,5-8H2,1-4H3. The van der Waals surface area contributed by atoms with E-state index in [1.54, 1.807) is 0 Å². The van der Waals surface area contributed by atoms with Crippen molar-refractivity contribution in [2.45, 2.75) is 34.1 Å². The molecule has 0 saturated heterocycles. The lowest BCUT2D eigenvalue weighted by Crippen LogP contribution is -2.13. The Kier molecular flexibility index (Phi) is 6.53. The van der Waals surface area contributed by atoms with Gasteiger partial charge in [-0.25, -0.2) is 4.79 Å². The molecule has 0 aliphatic carbocycles. The van der Waals surface area contributed by atoms with Crippen molar-refractivity contribution in [3.05, 3.63) is 34.4 Å². The second-order valence-electron chi connectivity index (χ2n) is 4.58. The Hall–Kier alpha value is -1.39. The third-order valence-corrected chi connectivity index (χ3v) is 2.68. The first-order chi connectivity index (χ1) is 9.06. The van der Waals surface area contributed by atoms with Crippen molar-refractivity contribution < 1.29 is 19.3 Å². The molecule has 0 fully saturated rings. The van der Waals surface area contributed by atoms with Crippen LogP contribution in [0.25, 0.3) is 0 Å². The Bertz CT molecular complexity index is 403. The summed E-state index contributed by atoms with van der Waals surface area (Å²) in [5.74, 6) is -0.453. The van der Waals surface area contributed by atoms with E-state index in [0.29, 0.717) is 18.8 Å². The Morgan fingerprint density at radius 3 is 2.26 bits per heavy atom. The fourth-order valence-electron chi connectivity index (χ4n) is 1.98. The Balaban J connectivity index is 2.46. The quantitative estimate of drug-likeness (QED) is 0.432. The maximum absolute atomic E-state index is 11.9. The lowest BCUT2D eigenvalue weighted by molar-refractivity contribution is -0.247. The van der Waals surface area contributed by atoms with E-state index in [2.05, 4.69) is 0 Å². The Labute approximate surface area is 114 Å². The monoisotopic (exact) mass is 266 g/mol. The van der Waals surface area contributed by atoms with Gasteiger partial charge < -0.3 is 4.74 Å². The first-order valence-electron chi connectivity index (χ1n) is 6.55. The van der Waals surface area contributed by atoms with Crippen molar-refractivity contribution in [2.75, 3.05) is 19.8 Å². The molecule has 0 aromatic heterocycles. The van der Waals surface area contributed by atoms with Gasteiger partial charge in [0.1, 0.15) is 6.61 Å². The number of hydrogen-bond donors (Lipinski definition) is 0. The number of rotatable bonds is 7. The molecule has 0 spiro atoms. The van der Waals surface area contributed by atoms with Gasteiger partial charge in [-0.15, -0.1) is 0 Å². The summed E-state index contributed by atoms with van der Waals surface area (Å²) in [5.41, 5.74) is 3.49. The third-order valence-electron chi connectivity index (χ3n) is 2.68. The number of aryl methyl sites for hydroxylation is 3. The molecule has 0 aliphatic rings. The van der Waals surface area contributed by atoms with Gasteiger partial charge >= 0.3 is 5.97 Å². The second kappa shape index (κ2) is 7.92. The largest absolute Gasteiger partial charge is 0.379 e. The van der Waals surface area contributed by atoms with E-state index in [1.165, 1.54) is 0 Å². The maximum Gasteiger partial charge on any atom is 0.373 e. The number of benzene rings is 1. The van der Waals surface area contributed by atoms with Crippen LogP contribution in [0.2, 0.25) is 0 Å². The predicted octanol–water partition coefficient (Wildman–Crippen LogP) is 3.13. The van der Waals surface area contributed by atoms with Gasteiger partial charge in [0.2, 0.25) is 0 Å². The molecule has 0 atom stereocenters. The average Bonchev–Trinajstić information content (AvgIpc) is 2.32. The Morgan fingerprint density at radius 2 is 1.68 bits per heavy atom. The van der Waals surface area contributed by atoms with E-state index in [4.69, 9.17) is 14.5 Å². The van der Waals surface area contributed by atoms with Crippen molar-refractivity contribution in [1.29, 1.82) is 0 Å². The van der Waals surface area contributed by atoms with Crippen LogP contribution in [0.15, 0.2) is 12.1 Å². The summed E-state index contributed by atoms with van der Waals surface area (Å²) in [7, 11) is 0. The molecule has 0 unspecified atom stereocenters. The number of carbonyl (C=O) groups excluding carboxylic acids is 1. The molecule has 4 nitrogen and oxygen atoms in total. The summed E-state index contributed by atoms with van der Waals surface area (Å²) in [6, 6.07) is 3.90. The minimum absolute atomic E-state index is 0.246. The third kappa shape index (κ3) is 5.01. The molecule has 106 valence electrons. The van der Waals surface area contributed by atoms with E-state index in [9.17, 15) is 4.79 Å². The normalized spacial score (nSPS) is 10.5. The van der Waals surface area contributed by atoms with Gasteiger partial charge in [0.05, 0.1) is 12.2 Å². The van der Waals surface area contributed by atoms with Crippen LogP contribution in [0.4, 0.5) is 0 Å². The van der Waals surface area contributed by atoms with E-state index in [1.807, 2.05) is 39.8 Å². The molecular weight excluding hydrogens is 244 g/mol. The number of hydrogen-bond acceptors (Lipinski definition) is 4. The van der Waals surface area contributed by atoms with E-state index < -0.39 is 5.97 Å². The van der Waals surface area contributed by atoms with Crippen LogP contribution in [-0.2, 0) is 14.5 Å². The Morgan fingerprint density at radius 1 is 1.05 bits per heavy atom. The van der Waals surface area contributed by atoms with Crippen molar-refractivity contribution in [1.82, 2.24) is 0 Å². The molecule has 0 radical (unpaired) electrons. The first kappa shape index (κ1) is 15.7. The lowest BCUT2D eigenvalue weighted by Gasteiger charge is -2.10. The molecule has 1 aromatic carbocycles. The smallest absolute Gasteiger partial charge is 0.373 e. The highest BCUT2D eigenvalue weighted by Crippen LogP contribution is 2.17. The van der Waals surface area contributed by atoms with E-state index >= 15 is 0 Å². The molecular formula is C15H22O4. The molecule has 0 aliphatic heterocycles. The molecule has 1 aromatic rings. The highest BCUT2D eigenvalue weighted by atomic mass is 17.2. The summed E-state index contributed by atoms with van der Waals surface area (Å²) < 4.78 is 5.22. The summed E-state index contributed by atoms with van der Waals surface area (Å²) in [6.45, 7) is 9.17. The summed E-state index contributed by atoms with van der Waals surface area (Å²) in [6.07, 6.45) is 0.960. The van der Waals surface area contributed by atoms with Crippen LogP contribution in [-0.4, -0.2) is 25.8 Å². The van der Waals surface area contributed by atoms with Gasteiger partial charge in [-0.2, -0.15) is 4.89 Å². The predicted molar refractivity (Wildman–Crippen MR) is 73.1 cm³/mol. The van der Waals surface area contributed by atoms with E-state index in [0.717, 1.165) is 23.1 Å². The number of carbonyl (C=O) groups is 1. The number of ether oxygens (including phenoxy) is 1. The van der Waals surface area contributed by atoms with Crippen molar-refractivity contribution in [2.24, 2.45) is 0 Å². The highest BCUT2D eigenvalue weighted by molar-refractivity contribution is 5.92. The van der Waals surface area contributed by atoms with Crippen molar-refractivity contribution in [3.8, 4) is 0 Å². The van der Waals surface area contributed by atoms with Gasteiger partial charge in [0.25, 0.3) is 0 Å². The van der Waals surface area contributed by atoms with Crippen LogP contribution in [0, 0.1) is 20.8 Å². The topological polar surface area (TPSA) is 44.8 Å². The summed E-state index contributed by atoms with van der Waals surface area (Å²) in [5, 5.41) is 0. The molecule has 19 heavy (non-hydrogen) atoms. The molecule has 0 heterocycles. The fraction of sp³-hybridized carbons (Fsp3) is 0.533. The molecule has 0 amide bonds. The maximum atomic E-state index is 11.9. The second-order valence-corrected chi connectivity index (χ2v) is 4.58. The zero-order valence-corrected chi connectivity index (χ0v) is 12.1. The first-order valence-corrected chi connectivity index (χ1v) is 6.55. The average molecular weight is 266 g/mol. The van der Waals surface area contributed by atoms with Crippen LogP contribution < -0.4 is 0 Å². The molecule has 1 rings (SSSR count). The summed E-state index contributed by atoms with van der Waals surface area (Å²) in [4.78, 5) is 21.6. The summed E-state index contributed by atoms with van der Waals surface area (Å²) >= 11 is 0. The lowest BCUT2D eigenvalue weighted by atomic mass is 10.0. The van der Waals surface area contributed by atoms with E-state index in [-0.39, 0.29) is 6.61 Å². The van der Waals surface area contributed by atoms with Crippen LogP contribution in [0.3, 0.4) is 0 Å². The zero-order chi connectivity index (χ0) is 14.3. The molecule has 0 saturated carbocycles. The van der Waals surface area contributed by atoms with Crippen LogP contribution >= 0.6 is 0 Å². The highest BCUT2D eigenvalue weighted by Gasteiger charge is 2.15.